The predicted octanol–water partition coefficient (Wildman–Crippen LogP) is 5.38. The van der Waals surface area contributed by atoms with Crippen molar-refractivity contribution in [3.8, 4) is 17.2 Å². The molecule has 140 valence electrons. The Hall–Kier alpha value is -2.70. The van der Waals surface area contributed by atoms with Gasteiger partial charge in [0.25, 0.3) is 0 Å². The zero-order valence-electron chi connectivity index (χ0n) is 14.3. The summed E-state index contributed by atoms with van der Waals surface area (Å²) in [6.07, 6.45) is -4.66. The van der Waals surface area contributed by atoms with Crippen molar-refractivity contribution in [2.24, 2.45) is 5.92 Å². The van der Waals surface area contributed by atoms with Gasteiger partial charge in [-0.15, -0.1) is 0 Å². The highest BCUT2D eigenvalue weighted by Crippen LogP contribution is 2.31. The fourth-order valence-corrected chi connectivity index (χ4v) is 2.21. The molecule has 7 heteroatoms. The Bertz CT molecular complexity index is 724. The van der Waals surface area contributed by atoms with Gasteiger partial charge in [0.1, 0.15) is 17.2 Å². The van der Waals surface area contributed by atoms with E-state index in [1.54, 1.807) is 38.1 Å². The molecule has 0 aliphatic rings. The number of carbonyl (C=O) groups is 1. The van der Waals surface area contributed by atoms with Crippen LogP contribution in [0.1, 0.15) is 25.8 Å². The second kappa shape index (κ2) is 8.12. The summed E-state index contributed by atoms with van der Waals surface area (Å²) < 4.78 is 48.8. The van der Waals surface area contributed by atoms with Crippen molar-refractivity contribution in [1.29, 1.82) is 0 Å². The minimum Gasteiger partial charge on any atom is -0.490 e. The van der Waals surface area contributed by atoms with Gasteiger partial charge >= 0.3 is 12.1 Å². The maximum absolute atomic E-state index is 12.5. The molecule has 26 heavy (non-hydrogen) atoms. The zero-order chi connectivity index (χ0) is 19.3. The molecule has 4 nitrogen and oxygen atoms in total. The number of ether oxygens (including phenoxy) is 2. The van der Waals surface area contributed by atoms with E-state index in [0.717, 1.165) is 12.1 Å². The topological polar surface area (TPSA) is 55.8 Å². The number of alkyl halides is 3. The molecule has 0 aliphatic carbocycles. The standard InChI is InChI=1S/C19H19F3O4/c1-12(11-18(23)24)13(2)25-15-7-9-17(10-8-15)26-16-5-3-14(4-6-16)19(20,21)22/h3-10,12-13H,11H2,1-2H3,(H,23,24). The van der Waals surface area contributed by atoms with E-state index in [-0.39, 0.29) is 24.2 Å². The van der Waals surface area contributed by atoms with E-state index < -0.39 is 17.7 Å². The Labute approximate surface area is 149 Å². The summed E-state index contributed by atoms with van der Waals surface area (Å²) in [5, 5.41) is 8.80. The van der Waals surface area contributed by atoms with E-state index in [1.807, 2.05) is 0 Å². The molecule has 0 heterocycles. The van der Waals surface area contributed by atoms with Crippen molar-refractivity contribution in [3.63, 3.8) is 0 Å². The Morgan fingerprint density at radius 3 is 1.88 bits per heavy atom. The lowest BCUT2D eigenvalue weighted by molar-refractivity contribution is -0.139. The van der Waals surface area contributed by atoms with Gasteiger partial charge in [-0.3, -0.25) is 4.79 Å². The van der Waals surface area contributed by atoms with Crippen molar-refractivity contribution < 1.29 is 32.5 Å². The maximum Gasteiger partial charge on any atom is 0.416 e. The summed E-state index contributed by atoms with van der Waals surface area (Å²) in [4.78, 5) is 10.7. The molecular formula is C19H19F3O4. The molecule has 2 unspecified atom stereocenters. The molecule has 0 bridgehead atoms. The molecular weight excluding hydrogens is 349 g/mol. The molecule has 0 saturated heterocycles. The molecule has 0 amide bonds. The van der Waals surface area contributed by atoms with Gasteiger partial charge in [0.15, 0.2) is 0 Å². The maximum atomic E-state index is 12.5. The number of carboxylic acids is 1. The van der Waals surface area contributed by atoms with E-state index in [9.17, 15) is 18.0 Å². The van der Waals surface area contributed by atoms with E-state index in [1.165, 1.54) is 12.1 Å². The molecule has 2 rings (SSSR count). The van der Waals surface area contributed by atoms with Crippen LogP contribution in [0.15, 0.2) is 48.5 Å². The SMILES string of the molecule is CC(CC(=O)O)C(C)Oc1ccc(Oc2ccc(C(F)(F)F)cc2)cc1. The Kier molecular flexibility index (Phi) is 6.13. The predicted molar refractivity (Wildman–Crippen MR) is 89.5 cm³/mol. The minimum atomic E-state index is -4.38. The lowest BCUT2D eigenvalue weighted by Gasteiger charge is -2.20. The van der Waals surface area contributed by atoms with Crippen molar-refractivity contribution >= 4 is 5.97 Å². The van der Waals surface area contributed by atoms with Gasteiger partial charge in [-0.2, -0.15) is 13.2 Å². The third-order valence-electron chi connectivity index (χ3n) is 3.86. The number of halogens is 3. The number of benzene rings is 2. The van der Waals surface area contributed by atoms with Crippen LogP contribution in [-0.4, -0.2) is 17.2 Å². The first kappa shape index (κ1) is 19.6. The number of aliphatic carboxylic acids is 1. The van der Waals surface area contributed by atoms with E-state index in [4.69, 9.17) is 14.6 Å². The van der Waals surface area contributed by atoms with E-state index in [0.29, 0.717) is 11.5 Å². The molecule has 0 aliphatic heterocycles. The molecule has 1 N–H and O–H groups in total. The first-order chi connectivity index (χ1) is 12.1. The molecule has 0 aromatic heterocycles. The Balaban J connectivity index is 1.96. The summed E-state index contributed by atoms with van der Waals surface area (Å²) in [7, 11) is 0. The lowest BCUT2D eigenvalue weighted by atomic mass is 10.0. The second-order valence-electron chi connectivity index (χ2n) is 5.99. The van der Waals surface area contributed by atoms with Gasteiger partial charge in [0.2, 0.25) is 0 Å². The number of rotatable bonds is 7. The average Bonchev–Trinajstić information content (AvgIpc) is 2.55. The fourth-order valence-electron chi connectivity index (χ4n) is 2.21. The molecule has 0 radical (unpaired) electrons. The van der Waals surface area contributed by atoms with E-state index in [2.05, 4.69) is 0 Å². The number of hydrogen-bond acceptors (Lipinski definition) is 3. The Morgan fingerprint density at radius 2 is 1.42 bits per heavy atom. The van der Waals surface area contributed by atoms with Crippen LogP contribution in [0, 0.1) is 5.92 Å². The fraction of sp³-hybridized carbons (Fsp3) is 0.316. The lowest BCUT2D eigenvalue weighted by Crippen LogP contribution is -2.23. The highest BCUT2D eigenvalue weighted by Gasteiger charge is 2.30. The van der Waals surface area contributed by atoms with Crippen LogP contribution < -0.4 is 9.47 Å². The molecule has 0 spiro atoms. The van der Waals surface area contributed by atoms with Crippen LogP contribution in [0.5, 0.6) is 17.2 Å². The first-order valence-electron chi connectivity index (χ1n) is 7.99. The Morgan fingerprint density at radius 1 is 0.962 bits per heavy atom. The molecule has 0 saturated carbocycles. The normalized spacial score (nSPS) is 13.7. The van der Waals surface area contributed by atoms with Gasteiger partial charge < -0.3 is 14.6 Å². The zero-order valence-corrected chi connectivity index (χ0v) is 14.3. The summed E-state index contributed by atoms with van der Waals surface area (Å²) in [6.45, 7) is 3.58. The van der Waals surface area contributed by atoms with Gasteiger partial charge in [-0.25, -0.2) is 0 Å². The van der Waals surface area contributed by atoms with Gasteiger partial charge in [0.05, 0.1) is 18.1 Å². The van der Waals surface area contributed by atoms with Crippen LogP contribution >= 0.6 is 0 Å². The molecule has 2 aromatic carbocycles. The average molecular weight is 368 g/mol. The smallest absolute Gasteiger partial charge is 0.416 e. The van der Waals surface area contributed by atoms with Crippen LogP contribution in [0.3, 0.4) is 0 Å². The van der Waals surface area contributed by atoms with Gasteiger partial charge in [0, 0.05) is 5.92 Å². The highest BCUT2D eigenvalue weighted by molar-refractivity contribution is 5.67. The summed E-state index contributed by atoms with van der Waals surface area (Å²) >= 11 is 0. The van der Waals surface area contributed by atoms with Crippen LogP contribution in [-0.2, 0) is 11.0 Å². The molecule has 0 fully saturated rings. The monoisotopic (exact) mass is 368 g/mol. The summed E-state index contributed by atoms with van der Waals surface area (Å²) in [6, 6.07) is 11.0. The largest absolute Gasteiger partial charge is 0.490 e. The number of carboxylic acid groups (broad SMARTS) is 1. The minimum absolute atomic E-state index is 0.0102. The highest BCUT2D eigenvalue weighted by atomic mass is 19.4. The second-order valence-corrected chi connectivity index (χ2v) is 5.99. The third-order valence-corrected chi connectivity index (χ3v) is 3.86. The third kappa shape index (κ3) is 5.68. The van der Waals surface area contributed by atoms with E-state index >= 15 is 0 Å². The van der Waals surface area contributed by atoms with Crippen molar-refractivity contribution in [1.82, 2.24) is 0 Å². The first-order valence-corrected chi connectivity index (χ1v) is 7.99. The van der Waals surface area contributed by atoms with Crippen LogP contribution in [0.4, 0.5) is 13.2 Å². The number of hydrogen-bond donors (Lipinski definition) is 1. The summed E-state index contributed by atoms with van der Waals surface area (Å²) in [5.41, 5.74) is -0.738. The molecule has 2 atom stereocenters. The van der Waals surface area contributed by atoms with Crippen molar-refractivity contribution in [2.45, 2.75) is 32.5 Å². The van der Waals surface area contributed by atoms with Gasteiger partial charge in [-0.05, 0) is 55.5 Å². The van der Waals surface area contributed by atoms with Crippen molar-refractivity contribution in [2.75, 3.05) is 0 Å². The van der Waals surface area contributed by atoms with Crippen molar-refractivity contribution in [3.05, 3.63) is 54.1 Å². The quantitative estimate of drug-likeness (QED) is 0.713. The molecule has 2 aromatic rings. The van der Waals surface area contributed by atoms with Gasteiger partial charge in [-0.1, -0.05) is 6.92 Å². The van der Waals surface area contributed by atoms with Crippen LogP contribution in [0.2, 0.25) is 0 Å². The van der Waals surface area contributed by atoms with Crippen LogP contribution in [0.25, 0.3) is 0 Å². The summed E-state index contributed by atoms with van der Waals surface area (Å²) in [5.74, 6) is 0.247.